The van der Waals surface area contributed by atoms with Crippen molar-refractivity contribution in [2.45, 2.75) is 19.4 Å². The summed E-state index contributed by atoms with van der Waals surface area (Å²) in [5.74, 6) is 0.0942. The molecule has 0 fully saturated rings. The van der Waals surface area contributed by atoms with Crippen LogP contribution in [0.15, 0.2) is 28.8 Å². The predicted octanol–water partition coefficient (Wildman–Crippen LogP) is 1.80. The van der Waals surface area contributed by atoms with Crippen LogP contribution in [0.2, 0.25) is 0 Å². The largest absolute Gasteiger partial charge is 0.393 e. The van der Waals surface area contributed by atoms with Crippen LogP contribution in [0, 0.1) is 5.82 Å². The molecule has 0 amide bonds. The average Bonchev–Trinajstić information content (AvgIpc) is 2.66. The van der Waals surface area contributed by atoms with Crippen molar-refractivity contribution < 1.29 is 14.0 Å². The minimum Gasteiger partial charge on any atom is -0.393 e. The van der Waals surface area contributed by atoms with Crippen molar-refractivity contribution in [2.24, 2.45) is 0 Å². The number of rotatable bonds is 3. The van der Waals surface area contributed by atoms with Crippen molar-refractivity contribution in [1.29, 1.82) is 0 Å². The number of hydrogen-bond acceptors (Lipinski definition) is 4. The Hall–Kier alpha value is -1.75. The van der Waals surface area contributed by atoms with Crippen LogP contribution in [0.1, 0.15) is 12.7 Å². The minimum absolute atomic E-state index is 0.133. The fourth-order valence-corrected chi connectivity index (χ4v) is 1.35. The lowest BCUT2D eigenvalue weighted by Gasteiger charge is -1.96. The highest BCUT2D eigenvalue weighted by atomic mass is 19.1. The van der Waals surface area contributed by atoms with E-state index in [0.29, 0.717) is 5.82 Å². The Labute approximate surface area is 91.7 Å². The molecule has 0 spiro atoms. The standard InChI is InChI=1S/C11H11FN2O2/c1-7(15)6-10-13-11(16-14-10)8-4-2-3-5-9(8)12/h2-5,7,15H,6H2,1H3. The van der Waals surface area contributed by atoms with Crippen LogP contribution in [0.4, 0.5) is 4.39 Å². The first-order valence-electron chi connectivity index (χ1n) is 4.92. The number of hydrogen-bond donors (Lipinski definition) is 1. The Morgan fingerprint density at radius 1 is 1.44 bits per heavy atom. The highest BCUT2D eigenvalue weighted by molar-refractivity contribution is 5.53. The zero-order chi connectivity index (χ0) is 11.5. The number of aliphatic hydroxyl groups is 1. The van der Waals surface area contributed by atoms with Crippen LogP contribution < -0.4 is 0 Å². The van der Waals surface area contributed by atoms with Crippen molar-refractivity contribution >= 4 is 0 Å². The van der Waals surface area contributed by atoms with Gasteiger partial charge in [0.25, 0.3) is 5.89 Å². The second-order valence-electron chi connectivity index (χ2n) is 3.55. The Morgan fingerprint density at radius 2 is 2.19 bits per heavy atom. The van der Waals surface area contributed by atoms with Crippen LogP contribution in [0.3, 0.4) is 0 Å². The summed E-state index contributed by atoms with van der Waals surface area (Å²) in [4.78, 5) is 4.00. The lowest BCUT2D eigenvalue weighted by atomic mass is 10.2. The van der Waals surface area contributed by atoms with Gasteiger partial charge in [-0.15, -0.1) is 0 Å². The van der Waals surface area contributed by atoms with Crippen molar-refractivity contribution in [3.05, 3.63) is 35.9 Å². The first-order chi connectivity index (χ1) is 7.66. The van der Waals surface area contributed by atoms with Gasteiger partial charge >= 0.3 is 0 Å². The molecule has 2 rings (SSSR count). The summed E-state index contributed by atoms with van der Waals surface area (Å²) in [6.45, 7) is 1.62. The number of aliphatic hydroxyl groups excluding tert-OH is 1. The maximum absolute atomic E-state index is 13.4. The molecule has 1 N–H and O–H groups in total. The van der Waals surface area contributed by atoms with Crippen molar-refractivity contribution in [3.8, 4) is 11.5 Å². The van der Waals surface area contributed by atoms with E-state index < -0.39 is 11.9 Å². The third kappa shape index (κ3) is 2.25. The molecule has 0 aliphatic rings. The van der Waals surface area contributed by atoms with E-state index in [1.54, 1.807) is 25.1 Å². The average molecular weight is 222 g/mol. The molecule has 1 aromatic heterocycles. The van der Waals surface area contributed by atoms with Gasteiger partial charge in [0.15, 0.2) is 5.82 Å². The zero-order valence-corrected chi connectivity index (χ0v) is 8.72. The molecule has 16 heavy (non-hydrogen) atoms. The quantitative estimate of drug-likeness (QED) is 0.860. The summed E-state index contributed by atoms with van der Waals surface area (Å²) in [6, 6.07) is 6.17. The summed E-state index contributed by atoms with van der Waals surface area (Å²) >= 11 is 0. The first kappa shape index (κ1) is 10.8. The number of nitrogens with zero attached hydrogens (tertiary/aromatic N) is 2. The van der Waals surface area contributed by atoms with E-state index in [1.165, 1.54) is 6.07 Å². The molecular weight excluding hydrogens is 211 g/mol. The minimum atomic E-state index is -0.550. The first-order valence-corrected chi connectivity index (χ1v) is 4.92. The summed E-state index contributed by atoms with van der Waals surface area (Å²) in [5, 5.41) is 12.8. The third-order valence-electron chi connectivity index (χ3n) is 2.05. The van der Waals surface area contributed by atoms with Gasteiger partial charge in [-0.1, -0.05) is 17.3 Å². The van der Waals surface area contributed by atoms with Gasteiger partial charge in [-0.05, 0) is 19.1 Å². The van der Waals surface area contributed by atoms with Gasteiger partial charge in [-0.3, -0.25) is 0 Å². The zero-order valence-electron chi connectivity index (χ0n) is 8.72. The molecular formula is C11H11FN2O2. The van der Waals surface area contributed by atoms with Gasteiger partial charge in [0.1, 0.15) is 5.82 Å². The van der Waals surface area contributed by atoms with Crippen molar-refractivity contribution in [2.75, 3.05) is 0 Å². The van der Waals surface area contributed by atoms with E-state index in [0.717, 1.165) is 0 Å². The Morgan fingerprint density at radius 3 is 2.88 bits per heavy atom. The Balaban J connectivity index is 2.28. The maximum atomic E-state index is 13.4. The van der Waals surface area contributed by atoms with Crippen molar-refractivity contribution in [1.82, 2.24) is 10.1 Å². The predicted molar refractivity (Wildman–Crippen MR) is 55.1 cm³/mol. The monoisotopic (exact) mass is 222 g/mol. The van der Waals surface area contributed by atoms with Crippen LogP contribution in [-0.2, 0) is 6.42 Å². The van der Waals surface area contributed by atoms with E-state index in [2.05, 4.69) is 10.1 Å². The smallest absolute Gasteiger partial charge is 0.260 e. The highest BCUT2D eigenvalue weighted by Gasteiger charge is 2.13. The molecule has 0 saturated carbocycles. The molecule has 0 bridgehead atoms. The van der Waals surface area contributed by atoms with Crippen LogP contribution in [0.5, 0.6) is 0 Å². The molecule has 84 valence electrons. The second kappa shape index (κ2) is 4.40. The Kier molecular flexibility index (Phi) is 2.96. The number of aromatic nitrogens is 2. The van der Waals surface area contributed by atoms with E-state index in [1.807, 2.05) is 0 Å². The normalized spacial score (nSPS) is 12.7. The van der Waals surface area contributed by atoms with Crippen LogP contribution in [0.25, 0.3) is 11.5 Å². The summed E-state index contributed by atoms with van der Waals surface area (Å²) in [6.07, 6.45) is -0.260. The molecule has 0 aliphatic heterocycles. The van der Waals surface area contributed by atoms with Gasteiger partial charge in [-0.2, -0.15) is 4.98 Å². The highest BCUT2D eigenvalue weighted by Crippen LogP contribution is 2.20. The van der Waals surface area contributed by atoms with Crippen LogP contribution >= 0.6 is 0 Å². The van der Waals surface area contributed by atoms with Gasteiger partial charge < -0.3 is 9.63 Å². The molecule has 1 aromatic carbocycles. The fourth-order valence-electron chi connectivity index (χ4n) is 1.35. The maximum Gasteiger partial charge on any atom is 0.260 e. The summed E-state index contributed by atoms with van der Waals surface area (Å²) < 4.78 is 18.3. The van der Waals surface area contributed by atoms with E-state index in [-0.39, 0.29) is 17.9 Å². The molecule has 0 saturated heterocycles. The summed E-state index contributed by atoms with van der Waals surface area (Å²) in [7, 11) is 0. The summed E-state index contributed by atoms with van der Waals surface area (Å²) in [5.41, 5.74) is 0.270. The van der Waals surface area contributed by atoms with Gasteiger partial charge in [0, 0.05) is 6.42 Å². The SMILES string of the molecule is CC(O)Cc1noc(-c2ccccc2F)n1. The molecule has 1 unspecified atom stereocenters. The molecule has 1 heterocycles. The van der Waals surface area contributed by atoms with Crippen molar-refractivity contribution in [3.63, 3.8) is 0 Å². The topological polar surface area (TPSA) is 59.2 Å². The van der Waals surface area contributed by atoms with Crippen LogP contribution in [-0.4, -0.2) is 21.4 Å². The lowest BCUT2D eigenvalue weighted by molar-refractivity contribution is 0.191. The van der Waals surface area contributed by atoms with Gasteiger partial charge in [0.05, 0.1) is 11.7 Å². The van der Waals surface area contributed by atoms with E-state index >= 15 is 0 Å². The molecule has 5 heteroatoms. The van der Waals surface area contributed by atoms with E-state index in [9.17, 15) is 4.39 Å². The van der Waals surface area contributed by atoms with Gasteiger partial charge in [-0.25, -0.2) is 4.39 Å². The van der Waals surface area contributed by atoms with E-state index in [4.69, 9.17) is 9.63 Å². The molecule has 0 radical (unpaired) electrons. The second-order valence-corrected chi connectivity index (χ2v) is 3.55. The number of halogens is 1. The van der Waals surface area contributed by atoms with Gasteiger partial charge in [0.2, 0.25) is 0 Å². The Bertz CT molecular complexity index is 482. The fraction of sp³-hybridized carbons (Fsp3) is 0.273. The molecule has 0 aliphatic carbocycles. The number of benzene rings is 1. The third-order valence-corrected chi connectivity index (χ3v) is 2.05. The molecule has 2 aromatic rings. The molecule has 1 atom stereocenters. The molecule has 4 nitrogen and oxygen atoms in total. The lowest BCUT2D eigenvalue weighted by Crippen LogP contribution is -2.05.